The molecule has 40 heavy (non-hydrogen) atoms. The summed E-state index contributed by atoms with van der Waals surface area (Å²) in [6.07, 6.45) is 39.4. The first-order valence-electron chi connectivity index (χ1n) is 16.1. The lowest BCUT2D eigenvalue weighted by Crippen LogP contribution is -2.19. The third-order valence-corrected chi connectivity index (χ3v) is 7.75. The molecule has 0 fully saturated rings. The molecule has 0 spiro atoms. The Kier molecular flexibility index (Phi) is 19.9. The lowest BCUT2D eigenvalue weighted by atomic mass is 9.72. The van der Waals surface area contributed by atoms with Crippen molar-refractivity contribution >= 4 is 5.97 Å². The van der Waals surface area contributed by atoms with E-state index in [1.165, 1.54) is 80.9 Å². The summed E-state index contributed by atoms with van der Waals surface area (Å²) < 4.78 is 5.40. The molecule has 2 heteroatoms. The first-order chi connectivity index (χ1) is 19.3. The molecule has 0 saturated carbocycles. The van der Waals surface area contributed by atoms with Gasteiger partial charge in [0.25, 0.3) is 0 Å². The van der Waals surface area contributed by atoms with Crippen LogP contribution in [0.4, 0.5) is 0 Å². The fourth-order valence-corrected chi connectivity index (χ4v) is 5.12. The molecule has 0 aromatic carbocycles. The number of esters is 1. The highest BCUT2D eigenvalue weighted by Crippen LogP contribution is 2.40. The van der Waals surface area contributed by atoms with Gasteiger partial charge in [0.2, 0.25) is 0 Å². The van der Waals surface area contributed by atoms with E-state index in [4.69, 9.17) is 4.74 Å². The van der Waals surface area contributed by atoms with Crippen LogP contribution < -0.4 is 0 Å². The SMILES string of the molecule is CCCCC/C=C\C/C=C\CCCCCCCC(=O)OC/C=C(C)/C=C\C=C(C)\C=C\C1=C(C)CCCC1(C)C. The van der Waals surface area contributed by atoms with Crippen molar-refractivity contribution in [1.82, 2.24) is 0 Å². The summed E-state index contributed by atoms with van der Waals surface area (Å²) in [6.45, 7) is 13.8. The Morgan fingerprint density at radius 3 is 2.25 bits per heavy atom. The maximum absolute atomic E-state index is 12.0. The van der Waals surface area contributed by atoms with Gasteiger partial charge in [0.1, 0.15) is 6.61 Å². The van der Waals surface area contributed by atoms with Gasteiger partial charge in [0.15, 0.2) is 0 Å². The van der Waals surface area contributed by atoms with Gasteiger partial charge in [-0.15, -0.1) is 0 Å². The predicted molar refractivity (Wildman–Crippen MR) is 176 cm³/mol. The molecule has 0 radical (unpaired) electrons. The van der Waals surface area contributed by atoms with E-state index >= 15 is 0 Å². The van der Waals surface area contributed by atoms with Gasteiger partial charge in [0.05, 0.1) is 0 Å². The number of allylic oxidation sites excluding steroid dienone is 13. The molecule has 0 N–H and O–H groups in total. The van der Waals surface area contributed by atoms with E-state index in [0.29, 0.717) is 13.0 Å². The van der Waals surface area contributed by atoms with Crippen LogP contribution in [0.5, 0.6) is 0 Å². The Morgan fingerprint density at radius 1 is 0.875 bits per heavy atom. The Balaban J connectivity index is 2.14. The minimum Gasteiger partial charge on any atom is -0.461 e. The maximum atomic E-state index is 12.0. The fraction of sp³-hybridized carbons (Fsp3) is 0.605. The lowest BCUT2D eigenvalue weighted by molar-refractivity contribution is -0.142. The lowest BCUT2D eigenvalue weighted by Gasteiger charge is -2.32. The van der Waals surface area contributed by atoms with Gasteiger partial charge < -0.3 is 4.74 Å². The minimum absolute atomic E-state index is 0.0881. The van der Waals surface area contributed by atoms with Gasteiger partial charge in [-0.25, -0.2) is 0 Å². The molecule has 1 rings (SSSR count). The van der Waals surface area contributed by atoms with Crippen molar-refractivity contribution in [2.45, 2.75) is 138 Å². The number of ether oxygens (including phenoxy) is 1. The smallest absolute Gasteiger partial charge is 0.306 e. The number of hydrogen-bond acceptors (Lipinski definition) is 2. The van der Waals surface area contributed by atoms with Crippen LogP contribution in [0.15, 0.2) is 83.1 Å². The van der Waals surface area contributed by atoms with Crippen molar-refractivity contribution in [1.29, 1.82) is 0 Å². The summed E-state index contributed by atoms with van der Waals surface area (Å²) in [4.78, 5) is 12.0. The van der Waals surface area contributed by atoms with Gasteiger partial charge >= 0.3 is 5.97 Å². The van der Waals surface area contributed by atoms with Gasteiger partial charge in [-0.05, 0) is 95.6 Å². The summed E-state index contributed by atoms with van der Waals surface area (Å²) in [5.41, 5.74) is 5.63. The number of rotatable bonds is 20. The first kappa shape index (κ1) is 35.7. The highest BCUT2D eigenvalue weighted by Gasteiger charge is 2.26. The quantitative estimate of drug-likeness (QED) is 0.0654. The third kappa shape index (κ3) is 18.1. The molecule has 224 valence electrons. The zero-order chi connectivity index (χ0) is 29.5. The molecular weight excluding hydrogens is 488 g/mol. The number of hydrogen-bond donors (Lipinski definition) is 0. The molecule has 0 aromatic heterocycles. The molecule has 0 atom stereocenters. The monoisotopic (exact) mass is 548 g/mol. The van der Waals surface area contributed by atoms with Crippen molar-refractivity contribution in [3.63, 3.8) is 0 Å². The van der Waals surface area contributed by atoms with E-state index in [0.717, 1.165) is 31.3 Å². The van der Waals surface area contributed by atoms with Crippen LogP contribution in [0.1, 0.15) is 138 Å². The van der Waals surface area contributed by atoms with Crippen molar-refractivity contribution in [3.8, 4) is 0 Å². The Bertz CT molecular complexity index is 917. The van der Waals surface area contributed by atoms with E-state index in [1.54, 1.807) is 0 Å². The molecule has 0 bridgehead atoms. The second-order valence-corrected chi connectivity index (χ2v) is 12.1. The Hall–Kier alpha value is -2.35. The second kappa shape index (κ2) is 22.4. The molecule has 0 aromatic rings. The number of unbranched alkanes of at least 4 members (excludes halogenated alkanes) is 8. The molecule has 2 nitrogen and oxygen atoms in total. The predicted octanol–water partition coefficient (Wildman–Crippen LogP) is 11.9. The maximum Gasteiger partial charge on any atom is 0.306 e. The van der Waals surface area contributed by atoms with Gasteiger partial charge in [0, 0.05) is 6.42 Å². The van der Waals surface area contributed by atoms with Crippen LogP contribution >= 0.6 is 0 Å². The van der Waals surface area contributed by atoms with E-state index < -0.39 is 0 Å². The average Bonchev–Trinajstić information content (AvgIpc) is 2.90. The van der Waals surface area contributed by atoms with E-state index in [1.807, 2.05) is 13.0 Å². The summed E-state index contributed by atoms with van der Waals surface area (Å²) in [7, 11) is 0. The largest absolute Gasteiger partial charge is 0.461 e. The highest BCUT2D eigenvalue weighted by molar-refractivity contribution is 5.69. The highest BCUT2D eigenvalue weighted by atomic mass is 16.5. The minimum atomic E-state index is -0.0881. The molecule has 0 unspecified atom stereocenters. The van der Waals surface area contributed by atoms with Crippen LogP contribution in [-0.4, -0.2) is 12.6 Å². The molecule has 1 aliphatic rings. The van der Waals surface area contributed by atoms with Crippen molar-refractivity contribution < 1.29 is 9.53 Å². The van der Waals surface area contributed by atoms with Crippen LogP contribution in [0.2, 0.25) is 0 Å². The van der Waals surface area contributed by atoms with Crippen LogP contribution in [0.25, 0.3) is 0 Å². The number of carbonyl (C=O) groups is 1. The molecule has 1 aliphatic carbocycles. The molecule has 0 heterocycles. The van der Waals surface area contributed by atoms with Gasteiger partial charge in [-0.2, -0.15) is 0 Å². The first-order valence-corrected chi connectivity index (χ1v) is 16.1. The summed E-state index contributed by atoms with van der Waals surface area (Å²) in [6, 6.07) is 0. The third-order valence-electron chi connectivity index (χ3n) is 7.75. The fourth-order valence-electron chi connectivity index (χ4n) is 5.12. The molecule has 0 saturated heterocycles. The zero-order valence-electron chi connectivity index (χ0n) is 26.9. The van der Waals surface area contributed by atoms with Crippen molar-refractivity contribution in [2.75, 3.05) is 6.61 Å². The second-order valence-electron chi connectivity index (χ2n) is 12.1. The van der Waals surface area contributed by atoms with E-state index in [9.17, 15) is 4.79 Å². The molecular formula is C38H60O2. The Labute approximate surface area is 248 Å². The van der Waals surface area contributed by atoms with E-state index in [-0.39, 0.29) is 11.4 Å². The van der Waals surface area contributed by atoms with Crippen molar-refractivity contribution in [3.05, 3.63) is 83.1 Å². The normalized spacial score (nSPS) is 16.9. The summed E-state index contributed by atoms with van der Waals surface area (Å²) >= 11 is 0. The standard InChI is InChI=1S/C38H60O2/c1-7-8-9-10-11-12-13-14-15-16-17-18-19-20-21-27-37(39)40-32-30-34(3)25-22-24-33(2)28-29-36-35(4)26-23-31-38(36,5)6/h11-12,14-15,22,24-25,28-30H,7-10,13,16-21,23,26-27,31-32H2,1-6H3/b12-11-,15-14-,25-22-,29-28+,33-24+,34-30+. The summed E-state index contributed by atoms with van der Waals surface area (Å²) in [5.74, 6) is -0.0881. The van der Waals surface area contributed by atoms with Crippen molar-refractivity contribution in [2.24, 2.45) is 5.41 Å². The van der Waals surface area contributed by atoms with Gasteiger partial charge in [-0.3, -0.25) is 4.79 Å². The topological polar surface area (TPSA) is 26.3 Å². The molecule has 0 amide bonds. The zero-order valence-corrected chi connectivity index (χ0v) is 26.9. The summed E-state index contributed by atoms with van der Waals surface area (Å²) in [5, 5.41) is 0. The average molecular weight is 549 g/mol. The van der Waals surface area contributed by atoms with Crippen LogP contribution in [0, 0.1) is 5.41 Å². The van der Waals surface area contributed by atoms with Crippen LogP contribution in [-0.2, 0) is 9.53 Å². The molecule has 0 aliphatic heterocycles. The Morgan fingerprint density at radius 2 is 1.55 bits per heavy atom. The van der Waals surface area contributed by atoms with Crippen LogP contribution in [0.3, 0.4) is 0 Å². The number of carbonyl (C=O) groups excluding carboxylic acids is 1. The van der Waals surface area contributed by atoms with Gasteiger partial charge in [-0.1, -0.05) is 124 Å². The van der Waals surface area contributed by atoms with E-state index in [2.05, 4.69) is 89.3 Å².